The summed E-state index contributed by atoms with van der Waals surface area (Å²) in [7, 11) is 3.36. The van der Waals surface area contributed by atoms with Gasteiger partial charge >= 0.3 is 0 Å². The molecule has 166 valence electrons. The van der Waals surface area contributed by atoms with E-state index in [0.29, 0.717) is 0 Å². The molecule has 4 aromatic carbocycles. The van der Waals surface area contributed by atoms with Crippen LogP contribution in [0, 0.1) is 0 Å². The van der Waals surface area contributed by atoms with Gasteiger partial charge in [0.25, 0.3) is 0 Å². The summed E-state index contributed by atoms with van der Waals surface area (Å²) in [5, 5.41) is 0. The van der Waals surface area contributed by atoms with Gasteiger partial charge in [0.2, 0.25) is 0 Å². The summed E-state index contributed by atoms with van der Waals surface area (Å²) in [6, 6.07) is 31.4. The molecule has 0 unspecified atom stereocenters. The quantitative estimate of drug-likeness (QED) is 0.311. The van der Waals surface area contributed by atoms with E-state index in [-0.39, 0.29) is 0 Å². The van der Waals surface area contributed by atoms with E-state index in [1.807, 2.05) is 36.4 Å². The molecule has 1 N–H and O–H groups in total. The summed E-state index contributed by atoms with van der Waals surface area (Å²) in [5.74, 6) is 2.50. The molecule has 0 radical (unpaired) electrons. The number of ether oxygens (including phenoxy) is 2. The highest BCUT2D eigenvalue weighted by Gasteiger charge is 2.20. The maximum Gasteiger partial charge on any atom is 0.138 e. The van der Waals surface area contributed by atoms with E-state index in [1.165, 1.54) is 22.3 Å². The minimum absolute atomic E-state index is 0.822. The van der Waals surface area contributed by atoms with E-state index in [0.717, 1.165) is 51.8 Å². The van der Waals surface area contributed by atoms with Crippen molar-refractivity contribution in [2.24, 2.45) is 0 Å². The van der Waals surface area contributed by atoms with E-state index < -0.39 is 0 Å². The number of rotatable bonds is 5. The lowest BCUT2D eigenvalue weighted by molar-refractivity contribution is 0.414. The zero-order valence-electron chi connectivity index (χ0n) is 19.1. The lowest BCUT2D eigenvalue weighted by Gasteiger charge is -2.06. The van der Waals surface area contributed by atoms with Crippen LogP contribution in [0.5, 0.6) is 11.5 Å². The van der Waals surface area contributed by atoms with E-state index in [2.05, 4.69) is 59.6 Å². The van der Waals surface area contributed by atoms with Crippen molar-refractivity contribution in [2.75, 3.05) is 14.2 Å². The molecule has 0 fully saturated rings. The van der Waals surface area contributed by atoms with Crippen LogP contribution in [-0.2, 0) is 6.42 Å². The van der Waals surface area contributed by atoms with Gasteiger partial charge in [0.05, 0.1) is 25.6 Å². The first-order chi connectivity index (χ1) is 16.7. The fraction of sp³-hybridized carbons (Fsp3) is 0.100. The zero-order valence-corrected chi connectivity index (χ0v) is 19.1. The predicted octanol–water partition coefficient (Wildman–Crippen LogP) is 7.00. The summed E-state index contributed by atoms with van der Waals surface area (Å²) in [4.78, 5) is 8.69. The third kappa shape index (κ3) is 3.44. The number of hydrogen-bond acceptors (Lipinski definition) is 3. The molecule has 1 aliphatic rings. The predicted molar refractivity (Wildman–Crippen MR) is 136 cm³/mol. The molecule has 0 bridgehead atoms. The van der Waals surface area contributed by atoms with Crippen molar-refractivity contribution in [3.63, 3.8) is 0 Å². The van der Waals surface area contributed by atoms with Crippen LogP contribution in [0.4, 0.5) is 0 Å². The molecule has 1 aliphatic carbocycles. The highest BCUT2D eigenvalue weighted by atomic mass is 16.5. The smallest absolute Gasteiger partial charge is 0.138 e. The summed E-state index contributed by atoms with van der Waals surface area (Å²) in [6.45, 7) is 0. The van der Waals surface area contributed by atoms with Crippen LogP contribution >= 0.6 is 0 Å². The van der Waals surface area contributed by atoms with Gasteiger partial charge in [-0.2, -0.15) is 0 Å². The SMILES string of the molecule is COc1ccc(-c2nc(-c3ccc4c(c3)-c3ccccc3C4)[nH]c2-c2ccc(OC)cc2)cc1. The molecule has 0 saturated heterocycles. The molecule has 6 rings (SSSR count). The van der Waals surface area contributed by atoms with Gasteiger partial charge in [-0.25, -0.2) is 4.98 Å². The Morgan fingerprint density at radius 1 is 0.647 bits per heavy atom. The molecule has 1 heterocycles. The molecule has 0 saturated carbocycles. The third-order valence-corrected chi connectivity index (χ3v) is 6.52. The molecule has 34 heavy (non-hydrogen) atoms. The summed E-state index contributed by atoms with van der Waals surface area (Å²) < 4.78 is 10.7. The molecule has 5 aromatic rings. The summed E-state index contributed by atoms with van der Waals surface area (Å²) in [5.41, 5.74) is 10.4. The highest BCUT2D eigenvalue weighted by Crippen LogP contribution is 2.40. The van der Waals surface area contributed by atoms with E-state index >= 15 is 0 Å². The summed E-state index contributed by atoms with van der Waals surface area (Å²) in [6.07, 6.45) is 0.984. The Morgan fingerprint density at radius 3 is 1.97 bits per heavy atom. The van der Waals surface area contributed by atoms with Gasteiger partial charge in [0.15, 0.2) is 0 Å². The average Bonchev–Trinajstić information content (AvgIpc) is 3.51. The first-order valence-corrected chi connectivity index (χ1v) is 11.3. The molecular weight excluding hydrogens is 420 g/mol. The lowest BCUT2D eigenvalue weighted by Crippen LogP contribution is -1.87. The number of hydrogen-bond donors (Lipinski definition) is 1. The first kappa shape index (κ1) is 20.3. The first-order valence-electron chi connectivity index (χ1n) is 11.3. The molecular formula is C30H24N2O2. The number of benzene rings is 4. The van der Waals surface area contributed by atoms with Crippen LogP contribution in [0.25, 0.3) is 45.0 Å². The van der Waals surface area contributed by atoms with E-state index in [1.54, 1.807) is 14.2 Å². The van der Waals surface area contributed by atoms with Crippen molar-refractivity contribution >= 4 is 0 Å². The van der Waals surface area contributed by atoms with Gasteiger partial charge in [-0.1, -0.05) is 36.4 Å². The number of methoxy groups -OCH3 is 2. The van der Waals surface area contributed by atoms with Gasteiger partial charge in [-0.3, -0.25) is 0 Å². The number of nitrogens with zero attached hydrogens (tertiary/aromatic N) is 1. The molecule has 0 amide bonds. The largest absolute Gasteiger partial charge is 0.497 e. The normalized spacial score (nSPS) is 11.7. The monoisotopic (exact) mass is 444 g/mol. The molecule has 1 aromatic heterocycles. The van der Waals surface area contributed by atoms with Crippen molar-refractivity contribution in [3.8, 4) is 56.5 Å². The van der Waals surface area contributed by atoms with Crippen molar-refractivity contribution in [3.05, 3.63) is 102 Å². The Morgan fingerprint density at radius 2 is 1.26 bits per heavy atom. The second kappa shape index (κ2) is 8.23. The van der Waals surface area contributed by atoms with Gasteiger partial charge < -0.3 is 14.5 Å². The Kier molecular flexibility index (Phi) is 4.92. The molecule has 4 nitrogen and oxygen atoms in total. The van der Waals surface area contributed by atoms with Crippen LogP contribution in [0.2, 0.25) is 0 Å². The number of nitrogens with one attached hydrogen (secondary N) is 1. The van der Waals surface area contributed by atoms with E-state index in [4.69, 9.17) is 14.5 Å². The zero-order chi connectivity index (χ0) is 23.1. The summed E-state index contributed by atoms with van der Waals surface area (Å²) >= 11 is 0. The molecule has 0 atom stereocenters. The van der Waals surface area contributed by atoms with Crippen LogP contribution in [0.3, 0.4) is 0 Å². The van der Waals surface area contributed by atoms with Crippen LogP contribution < -0.4 is 9.47 Å². The van der Waals surface area contributed by atoms with Crippen molar-refractivity contribution in [1.82, 2.24) is 9.97 Å². The Bertz CT molecular complexity index is 1420. The minimum atomic E-state index is 0.822. The average molecular weight is 445 g/mol. The number of imidazole rings is 1. The van der Waals surface area contributed by atoms with Crippen molar-refractivity contribution < 1.29 is 9.47 Å². The van der Waals surface area contributed by atoms with Gasteiger partial charge in [0, 0.05) is 16.7 Å². The highest BCUT2D eigenvalue weighted by molar-refractivity contribution is 5.84. The van der Waals surface area contributed by atoms with Crippen LogP contribution in [0.1, 0.15) is 11.1 Å². The van der Waals surface area contributed by atoms with Gasteiger partial charge in [-0.15, -0.1) is 0 Å². The van der Waals surface area contributed by atoms with Gasteiger partial charge in [0.1, 0.15) is 17.3 Å². The van der Waals surface area contributed by atoms with Crippen LogP contribution in [-0.4, -0.2) is 24.2 Å². The lowest BCUT2D eigenvalue weighted by atomic mass is 10.0. The molecule has 0 aliphatic heterocycles. The fourth-order valence-corrected chi connectivity index (χ4v) is 4.71. The van der Waals surface area contributed by atoms with E-state index in [9.17, 15) is 0 Å². The topological polar surface area (TPSA) is 47.1 Å². The Hall–Kier alpha value is -4.31. The fourth-order valence-electron chi connectivity index (χ4n) is 4.71. The molecule has 0 spiro atoms. The Labute approximate surface area is 198 Å². The van der Waals surface area contributed by atoms with Crippen LogP contribution in [0.15, 0.2) is 91.0 Å². The molecule has 4 heteroatoms. The minimum Gasteiger partial charge on any atom is -0.497 e. The standard InChI is InChI=1S/C30H24N2O2/c1-33-24-13-9-19(10-14-24)28-29(20-11-15-25(34-2)16-12-20)32-30(31-28)23-8-7-22-17-21-5-3-4-6-26(21)27(22)18-23/h3-16,18H,17H2,1-2H3,(H,31,32). The third-order valence-electron chi connectivity index (χ3n) is 6.52. The Balaban J connectivity index is 1.48. The second-order valence-electron chi connectivity index (χ2n) is 8.47. The second-order valence-corrected chi connectivity index (χ2v) is 8.47. The number of fused-ring (bicyclic) bond motifs is 3. The van der Waals surface area contributed by atoms with Gasteiger partial charge in [-0.05, 0) is 83.3 Å². The van der Waals surface area contributed by atoms with Crippen molar-refractivity contribution in [2.45, 2.75) is 6.42 Å². The van der Waals surface area contributed by atoms with Crippen molar-refractivity contribution in [1.29, 1.82) is 0 Å². The maximum absolute atomic E-state index is 5.35. The number of H-pyrrole nitrogens is 1. The number of aromatic nitrogens is 2. The number of aromatic amines is 1. The maximum atomic E-state index is 5.35.